The van der Waals surface area contributed by atoms with E-state index in [0.717, 1.165) is 55.9 Å². The van der Waals surface area contributed by atoms with Gasteiger partial charge in [0, 0.05) is 54.7 Å². The van der Waals surface area contributed by atoms with Gasteiger partial charge in [0.1, 0.15) is 11.8 Å². The molecule has 1 aromatic carbocycles. The van der Waals surface area contributed by atoms with Gasteiger partial charge in [-0.2, -0.15) is 5.26 Å². The third kappa shape index (κ3) is 3.53. The number of halogens is 1. The van der Waals surface area contributed by atoms with Crippen molar-refractivity contribution in [3.8, 4) is 17.3 Å². The lowest BCUT2D eigenvalue weighted by molar-refractivity contribution is 0.0558. The molecule has 2 aromatic heterocycles. The Hall–Kier alpha value is -2.95. The van der Waals surface area contributed by atoms with Crippen molar-refractivity contribution in [3.63, 3.8) is 0 Å². The van der Waals surface area contributed by atoms with Gasteiger partial charge in [0.05, 0.1) is 6.04 Å². The topological polar surface area (TPSA) is 82.1 Å². The predicted molar refractivity (Wildman–Crippen MR) is 113 cm³/mol. The number of piperidine rings is 1. The normalized spacial score (nSPS) is 21.8. The van der Waals surface area contributed by atoms with Crippen LogP contribution in [0, 0.1) is 11.3 Å². The largest absolute Gasteiger partial charge is 0.359 e. The summed E-state index contributed by atoms with van der Waals surface area (Å²) in [5.41, 5.74) is 2.16. The molecular formula is C22H21ClN6O. The standard InChI is InChI=1S/C22H21ClN6O/c23-16-4-1-3-15(11-16)18-12-21(30-27-18)20-6-2-5-17-14-28(9-10-29(17)20)22-19(13-24)25-7-8-26-22/h1,3-4,7-8,11-12,17,20H,2,5-6,9-10,14H2. The summed E-state index contributed by atoms with van der Waals surface area (Å²) < 4.78 is 5.78. The number of rotatable bonds is 3. The summed E-state index contributed by atoms with van der Waals surface area (Å²) in [6.45, 7) is 2.51. The van der Waals surface area contributed by atoms with Gasteiger partial charge in [-0.1, -0.05) is 28.9 Å². The Morgan fingerprint density at radius 1 is 1.13 bits per heavy atom. The first-order valence-electron chi connectivity index (χ1n) is 10.2. The molecule has 0 radical (unpaired) electrons. The third-order valence-corrected chi connectivity index (χ3v) is 6.24. The SMILES string of the molecule is N#Cc1nccnc1N1CCN2C(CCCC2c2cc(-c3cccc(Cl)c3)no2)C1. The molecule has 0 bridgehead atoms. The van der Waals surface area contributed by atoms with Crippen molar-refractivity contribution in [2.75, 3.05) is 24.5 Å². The Labute approximate surface area is 179 Å². The van der Waals surface area contributed by atoms with E-state index in [2.05, 4.69) is 31.0 Å². The lowest BCUT2D eigenvalue weighted by Gasteiger charge is -2.47. The lowest BCUT2D eigenvalue weighted by Crippen LogP contribution is -2.56. The molecule has 0 amide bonds. The van der Waals surface area contributed by atoms with E-state index in [9.17, 15) is 5.26 Å². The minimum Gasteiger partial charge on any atom is -0.359 e. The molecule has 2 fully saturated rings. The molecule has 3 aromatic rings. The van der Waals surface area contributed by atoms with Gasteiger partial charge in [-0.15, -0.1) is 0 Å². The number of nitrogens with zero attached hydrogens (tertiary/aromatic N) is 6. The van der Waals surface area contributed by atoms with Gasteiger partial charge in [0.25, 0.3) is 0 Å². The summed E-state index contributed by atoms with van der Waals surface area (Å²) in [4.78, 5) is 13.3. The van der Waals surface area contributed by atoms with Crippen LogP contribution < -0.4 is 4.90 Å². The molecule has 7 nitrogen and oxygen atoms in total. The Balaban J connectivity index is 1.35. The molecule has 4 heterocycles. The van der Waals surface area contributed by atoms with Crippen LogP contribution in [0.4, 0.5) is 5.82 Å². The molecule has 8 heteroatoms. The monoisotopic (exact) mass is 420 g/mol. The molecular weight excluding hydrogens is 400 g/mol. The number of hydrogen-bond acceptors (Lipinski definition) is 7. The van der Waals surface area contributed by atoms with E-state index in [-0.39, 0.29) is 6.04 Å². The molecule has 0 aliphatic carbocycles. The summed E-state index contributed by atoms with van der Waals surface area (Å²) in [6, 6.07) is 12.5. The highest BCUT2D eigenvalue weighted by Crippen LogP contribution is 2.38. The van der Waals surface area contributed by atoms with Crippen molar-refractivity contribution in [1.29, 1.82) is 5.26 Å². The second-order valence-electron chi connectivity index (χ2n) is 7.75. The van der Waals surface area contributed by atoms with Gasteiger partial charge in [0.15, 0.2) is 17.3 Å². The maximum Gasteiger partial charge on any atom is 0.183 e. The van der Waals surface area contributed by atoms with Crippen LogP contribution in [0.2, 0.25) is 5.02 Å². The number of aromatic nitrogens is 3. The smallest absolute Gasteiger partial charge is 0.183 e. The van der Waals surface area contributed by atoms with E-state index in [1.807, 2.05) is 30.3 Å². The van der Waals surface area contributed by atoms with E-state index < -0.39 is 0 Å². The van der Waals surface area contributed by atoms with Crippen molar-refractivity contribution in [1.82, 2.24) is 20.0 Å². The summed E-state index contributed by atoms with van der Waals surface area (Å²) in [5, 5.41) is 14.4. The summed E-state index contributed by atoms with van der Waals surface area (Å²) in [7, 11) is 0. The summed E-state index contributed by atoms with van der Waals surface area (Å²) in [5.74, 6) is 1.59. The average molecular weight is 421 g/mol. The Bertz CT molecular complexity index is 1090. The van der Waals surface area contributed by atoms with E-state index in [4.69, 9.17) is 16.1 Å². The molecule has 2 saturated heterocycles. The second kappa shape index (κ2) is 8.05. The highest BCUT2D eigenvalue weighted by molar-refractivity contribution is 6.30. The Morgan fingerprint density at radius 3 is 2.90 bits per heavy atom. The van der Waals surface area contributed by atoms with Gasteiger partial charge in [-0.25, -0.2) is 9.97 Å². The van der Waals surface area contributed by atoms with E-state index in [1.54, 1.807) is 12.4 Å². The third-order valence-electron chi connectivity index (χ3n) is 6.01. The number of nitriles is 1. The fourth-order valence-electron chi connectivity index (χ4n) is 4.62. The summed E-state index contributed by atoms with van der Waals surface area (Å²) >= 11 is 6.13. The van der Waals surface area contributed by atoms with Gasteiger partial charge < -0.3 is 9.42 Å². The molecule has 152 valence electrons. The van der Waals surface area contributed by atoms with Crippen molar-refractivity contribution in [2.45, 2.75) is 31.3 Å². The van der Waals surface area contributed by atoms with Crippen molar-refractivity contribution in [2.24, 2.45) is 0 Å². The van der Waals surface area contributed by atoms with Crippen molar-refractivity contribution in [3.05, 3.63) is 59.2 Å². The zero-order chi connectivity index (χ0) is 20.5. The molecule has 30 heavy (non-hydrogen) atoms. The molecule has 0 spiro atoms. The van der Waals surface area contributed by atoms with Crippen molar-refractivity contribution < 1.29 is 4.52 Å². The van der Waals surface area contributed by atoms with Gasteiger partial charge in [-0.3, -0.25) is 4.90 Å². The van der Waals surface area contributed by atoms with Gasteiger partial charge in [0.2, 0.25) is 0 Å². The zero-order valence-corrected chi connectivity index (χ0v) is 17.2. The van der Waals surface area contributed by atoms with E-state index >= 15 is 0 Å². The Morgan fingerprint density at radius 2 is 2.03 bits per heavy atom. The van der Waals surface area contributed by atoms with Crippen LogP contribution >= 0.6 is 11.6 Å². The maximum absolute atomic E-state index is 9.37. The zero-order valence-electron chi connectivity index (χ0n) is 16.4. The molecule has 5 rings (SSSR count). The fraction of sp³-hybridized carbons (Fsp3) is 0.364. The first kappa shape index (κ1) is 19.0. The van der Waals surface area contributed by atoms with Crippen LogP contribution in [0.25, 0.3) is 11.3 Å². The van der Waals surface area contributed by atoms with Gasteiger partial charge >= 0.3 is 0 Å². The second-order valence-corrected chi connectivity index (χ2v) is 8.19. The van der Waals surface area contributed by atoms with Crippen LogP contribution in [0.3, 0.4) is 0 Å². The van der Waals surface area contributed by atoms with E-state index in [1.165, 1.54) is 0 Å². The number of benzene rings is 1. The fourth-order valence-corrected chi connectivity index (χ4v) is 4.81. The Kier molecular flexibility index (Phi) is 5.11. The maximum atomic E-state index is 9.37. The highest BCUT2D eigenvalue weighted by atomic mass is 35.5. The van der Waals surface area contributed by atoms with Crippen LogP contribution in [-0.2, 0) is 0 Å². The van der Waals surface area contributed by atoms with Crippen molar-refractivity contribution >= 4 is 17.4 Å². The van der Waals surface area contributed by atoms with Crippen LogP contribution in [0.15, 0.2) is 47.2 Å². The number of piperazine rings is 1. The highest BCUT2D eigenvalue weighted by Gasteiger charge is 2.38. The minimum absolute atomic E-state index is 0.212. The van der Waals surface area contributed by atoms with Crippen LogP contribution in [0.1, 0.15) is 36.8 Å². The first-order chi connectivity index (χ1) is 14.7. The number of hydrogen-bond donors (Lipinski definition) is 0. The van der Waals surface area contributed by atoms with Crippen LogP contribution in [-0.4, -0.2) is 45.7 Å². The minimum atomic E-state index is 0.212. The van der Waals surface area contributed by atoms with Gasteiger partial charge in [-0.05, 0) is 31.4 Å². The molecule has 2 aliphatic rings. The molecule has 0 saturated carbocycles. The summed E-state index contributed by atoms with van der Waals surface area (Å²) in [6.07, 6.45) is 6.51. The quantitative estimate of drug-likeness (QED) is 0.631. The van der Waals surface area contributed by atoms with E-state index in [0.29, 0.717) is 22.6 Å². The lowest BCUT2D eigenvalue weighted by atomic mass is 9.91. The molecule has 2 unspecified atom stereocenters. The number of anilines is 1. The average Bonchev–Trinajstić information content (AvgIpc) is 3.28. The first-order valence-corrected chi connectivity index (χ1v) is 10.5. The molecule has 2 atom stereocenters. The molecule has 2 aliphatic heterocycles. The molecule has 0 N–H and O–H groups in total. The predicted octanol–water partition coefficient (Wildman–Crippen LogP) is 4.07. The number of fused-ring (bicyclic) bond motifs is 1. The van der Waals surface area contributed by atoms with Crippen LogP contribution in [0.5, 0.6) is 0 Å².